The number of aliphatic hydroxyl groups excluding tert-OH is 1. The third-order valence-corrected chi connectivity index (χ3v) is 4.14. The molecule has 2 amide bonds. The van der Waals surface area contributed by atoms with Crippen molar-refractivity contribution < 1.29 is 19.8 Å². The standard InChI is InChI=1S/C13H25N3O4S/c1-21-10-3-11(12(18)19)14-13(20)16-5-2-4-15(6-7-16)8-9-17/h11,17H,2-10H2,1H3,(H,14,20)(H,18,19)/t11-/m1/s1. The molecule has 0 aromatic rings. The van der Waals surface area contributed by atoms with Crippen LogP contribution in [-0.2, 0) is 4.79 Å². The Bertz CT molecular complexity index is 343. The van der Waals surface area contributed by atoms with Gasteiger partial charge >= 0.3 is 12.0 Å². The fourth-order valence-electron chi connectivity index (χ4n) is 2.27. The normalized spacial score (nSPS) is 18.1. The van der Waals surface area contributed by atoms with E-state index in [0.717, 1.165) is 13.0 Å². The maximum atomic E-state index is 12.2. The van der Waals surface area contributed by atoms with Crippen molar-refractivity contribution in [2.24, 2.45) is 0 Å². The van der Waals surface area contributed by atoms with Gasteiger partial charge in [-0.05, 0) is 31.4 Å². The van der Waals surface area contributed by atoms with E-state index < -0.39 is 12.0 Å². The van der Waals surface area contributed by atoms with Gasteiger partial charge in [-0.25, -0.2) is 9.59 Å². The highest BCUT2D eigenvalue weighted by atomic mass is 32.2. The van der Waals surface area contributed by atoms with E-state index in [4.69, 9.17) is 10.2 Å². The van der Waals surface area contributed by atoms with Crippen molar-refractivity contribution in [3.8, 4) is 0 Å². The molecule has 0 bridgehead atoms. The quantitative estimate of drug-likeness (QED) is 0.607. The van der Waals surface area contributed by atoms with E-state index in [-0.39, 0.29) is 12.6 Å². The van der Waals surface area contributed by atoms with Crippen molar-refractivity contribution in [3.05, 3.63) is 0 Å². The summed E-state index contributed by atoms with van der Waals surface area (Å²) < 4.78 is 0. The van der Waals surface area contributed by atoms with Crippen LogP contribution < -0.4 is 5.32 Å². The van der Waals surface area contributed by atoms with E-state index >= 15 is 0 Å². The number of amides is 2. The minimum atomic E-state index is -0.992. The van der Waals surface area contributed by atoms with Crippen molar-refractivity contribution in [1.82, 2.24) is 15.1 Å². The van der Waals surface area contributed by atoms with Crippen LogP contribution in [0.2, 0.25) is 0 Å². The number of hydrogen-bond acceptors (Lipinski definition) is 5. The van der Waals surface area contributed by atoms with Crippen molar-refractivity contribution in [2.75, 3.05) is 51.3 Å². The van der Waals surface area contributed by atoms with E-state index in [1.54, 1.807) is 16.7 Å². The monoisotopic (exact) mass is 319 g/mol. The number of aliphatic carboxylic acids is 1. The second kappa shape index (κ2) is 9.86. The lowest BCUT2D eigenvalue weighted by atomic mass is 10.2. The fourth-order valence-corrected chi connectivity index (χ4v) is 2.74. The van der Waals surface area contributed by atoms with Crippen LogP contribution in [0.25, 0.3) is 0 Å². The molecule has 0 saturated carbocycles. The third-order valence-electron chi connectivity index (χ3n) is 3.50. The zero-order chi connectivity index (χ0) is 15.7. The Hall–Kier alpha value is -0.990. The highest BCUT2D eigenvalue weighted by molar-refractivity contribution is 7.98. The number of thioether (sulfide) groups is 1. The zero-order valence-electron chi connectivity index (χ0n) is 12.5. The summed E-state index contributed by atoms with van der Waals surface area (Å²) in [5.74, 6) is -0.296. The number of carbonyl (C=O) groups is 2. The smallest absolute Gasteiger partial charge is 0.326 e. The first-order valence-corrected chi connectivity index (χ1v) is 8.58. The molecule has 3 N–H and O–H groups in total. The summed E-state index contributed by atoms with van der Waals surface area (Å²) in [6, 6.07) is -1.14. The lowest BCUT2D eigenvalue weighted by Gasteiger charge is -2.24. The van der Waals surface area contributed by atoms with Crippen molar-refractivity contribution in [2.45, 2.75) is 18.9 Å². The van der Waals surface area contributed by atoms with Crippen molar-refractivity contribution in [3.63, 3.8) is 0 Å². The Morgan fingerprint density at radius 2 is 2.05 bits per heavy atom. The van der Waals surface area contributed by atoms with E-state index in [0.29, 0.717) is 38.4 Å². The van der Waals surface area contributed by atoms with E-state index in [1.165, 1.54) is 0 Å². The molecule has 7 nitrogen and oxygen atoms in total. The van der Waals surface area contributed by atoms with E-state index in [9.17, 15) is 9.59 Å². The molecule has 122 valence electrons. The second-order valence-corrected chi connectivity index (χ2v) is 6.01. The van der Waals surface area contributed by atoms with E-state index in [2.05, 4.69) is 10.2 Å². The molecular weight excluding hydrogens is 294 g/mol. The summed E-state index contributed by atoms with van der Waals surface area (Å²) >= 11 is 1.56. The average Bonchev–Trinajstić information content (AvgIpc) is 2.69. The molecule has 1 rings (SSSR count). The number of nitrogens with one attached hydrogen (secondary N) is 1. The van der Waals surface area contributed by atoms with Crippen LogP contribution in [0.15, 0.2) is 0 Å². The van der Waals surface area contributed by atoms with Crippen LogP contribution in [0.3, 0.4) is 0 Å². The summed E-state index contributed by atoms with van der Waals surface area (Å²) in [5, 5.41) is 20.7. The summed E-state index contributed by atoms with van der Waals surface area (Å²) in [5.41, 5.74) is 0. The number of hydrogen-bond donors (Lipinski definition) is 3. The lowest BCUT2D eigenvalue weighted by molar-refractivity contribution is -0.139. The molecule has 0 aromatic carbocycles. The predicted molar refractivity (Wildman–Crippen MR) is 82.7 cm³/mol. The Balaban J connectivity index is 2.47. The molecule has 1 heterocycles. The SMILES string of the molecule is CSCC[C@@H](NC(=O)N1CCCN(CCO)CC1)C(=O)O. The van der Waals surface area contributed by atoms with Crippen LogP contribution in [-0.4, -0.2) is 89.4 Å². The molecule has 0 spiro atoms. The van der Waals surface area contributed by atoms with Crippen LogP contribution in [0, 0.1) is 0 Å². The Labute approximate surface area is 129 Å². The Kier molecular flexibility index (Phi) is 8.48. The lowest BCUT2D eigenvalue weighted by Crippen LogP contribution is -2.49. The molecule has 1 fully saturated rings. The maximum absolute atomic E-state index is 12.2. The predicted octanol–water partition coefficient (Wildman–Crippen LogP) is -0.0977. The van der Waals surface area contributed by atoms with Gasteiger partial charge < -0.3 is 20.4 Å². The van der Waals surface area contributed by atoms with Gasteiger partial charge in [0.2, 0.25) is 0 Å². The summed E-state index contributed by atoms with van der Waals surface area (Å²) in [4.78, 5) is 27.1. The Morgan fingerprint density at radius 1 is 1.29 bits per heavy atom. The van der Waals surface area contributed by atoms with Gasteiger partial charge in [0.15, 0.2) is 0 Å². The number of carboxylic acids is 1. The van der Waals surface area contributed by atoms with Gasteiger partial charge in [0, 0.05) is 26.2 Å². The van der Waals surface area contributed by atoms with Gasteiger partial charge in [0.25, 0.3) is 0 Å². The third kappa shape index (κ3) is 6.54. The molecule has 0 unspecified atom stereocenters. The first-order valence-electron chi connectivity index (χ1n) is 7.19. The first kappa shape index (κ1) is 18.1. The number of carbonyl (C=O) groups excluding carboxylic acids is 1. The van der Waals surface area contributed by atoms with Crippen LogP contribution in [0.1, 0.15) is 12.8 Å². The number of rotatable bonds is 7. The highest BCUT2D eigenvalue weighted by Crippen LogP contribution is 2.05. The summed E-state index contributed by atoms with van der Waals surface area (Å²) in [7, 11) is 0. The minimum Gasteiger partial charge on any atom is -0.480 e. The van der Waals surface area contributed by atoms with Gasteiger partial charge in [-0.15, -0.1) is 0 Å². The van der Waals surface area contributed by atoms with Crippen LogP contribution in [0.4, 0.5) is 4.79 Å². The minimum absolute atomic E-state index is 0.113. The topological polar surface area (TPSA) is 93.1 Å². The molecule has 1 atom stereocenters. The second-order valence-electron chi connectivity index (χ2n) is 5.03. The molecule has 0 radical (unpaired) electrons. The number of β-amino-alcohol motifs (C(OH)–C–C–N with tert-alkyl or cyclic N) is 1. The van der Waals surface area contributed by atoms with Gasteiger partial charge in [0.05, 0.1) is 6.61 Å². The Morgan fingerprint density at radius 3 is 2.67 bits per heavy atom. The number of urea groups is 1. The molecule has 21 heavy (non-hydrogen) atoms. The molecule has 1 aliphatic heterocycles. The van der Waals surface area contributed by atoms with Crippen molar-refractivity contribution >= 4 is 23.8 Å². The molecule has 0 aliphatic carbocycles. The molecule has 8 heteroatoms. The number of carboxylic acid groups (broad SMARTS) is 1. The fraction of sp³-hybridized carbons (Fsp3) is 0.846. The van der Waals surface area contributed by atoms with Crippen LogP contribution >= 0.6 is 11.8 Å². The summed E-state index contributed by atoms with van der Waals surface area (Å²) in [6.45, 7) is 3.45. The number of nitrogens with zero attached hydrogens (tertiary/aromatic N) is 2. The molecule has 1 saturated heterocycles. The molecule has 1 aliphatic rings. The average molecular weight is 319 g/mol. The zero-order valence-corrected chi connectivity index (χ0v) is 13.3. The van der Waals surface area contributed by atoms with Crippen molar-refractivity contribution in [1.29, 1.82) is 0 Å². The number of aliphatic hydroxyl groups is 1. The van der Waals surface area contributed by atoms with Gasteiger partial charge in [-0.3, -0.25) is 4.90 Å². The van der Waals surface area contributed by atoms with Gasteiger partial charge in [-0.2, -0.15) is 11.8 Å². The summed E-state index contributed by atoms with van der Waals surface area (Å²) in [6.07, 6.45) is 3.16. The molecular formula is C13H25N3O4S. The van der Waals surface area contributed by atoms with Gasteiger partial charge in [0.1, 0.15) is 6.04 Å². The highest BCUT2D eigenvalue weighted by Gasteiger charge is 2.24. The first-order chi connectivity index (χ1) is 10.1. The largest absolute Gasteiger partial charge is 0.480 e. The molecule has 0 aromatic heterocycles. The maximum Gasteiger partial charge on any atom is 0.326 e. The van der Waals surface area contributed by atoms with Gasteiger partial charge in [-0.1, -0.05) is 0 Å². The van der Waals surface area contributed by atoms with E-state index in [1.807, 2.05) is 6.26 Å². The van der Waals surface area contributed by atoms with Crippen LogP contribution in [0.5, 0.6) is 0 Å².